The molecule has 2 aliphatic rings. The number of allylic oxidation sites excluding steroid dienone is 1. The van der Waals surface area contributed by atoms with E-state index < -0.39 is 11.2 Å². The van der Waals surface area contributed by atoms with Crippen molar-refractivity contribution in [1.29, 1.82) is 10.5 Å². The average Bonchev–Trinajstić information content (AvgIpc) is 2.83. The molecule has 1 aliphatic heterocycles. The first-order chi connectivity index (χ1) is 9.78. The third-order valence-corrected chi connectivity index (χ3v) is 3.96. The maximum absolute atomic E-state index is 9.69. The second kappa shape index (κ2) is 4.76. The Morgan fingerprint density at radius 3 is 2.30 bits per heavy atom. The van der Waals surface area contributed by atoms with Gasteiger partial charge in [-0.1, -0.05) is 36.4 Å². The zero-order chi connectivity index (χ0) is 14.1. The number of ether oxygens (including phenoxy) is 2. The summed E-state index contributed by atoms with van der Waals surface area (Å²) in [6.45, 7) is 0.994. The highest BCUT2D eigenvalue weighted by Gasteiger charge is 2.62. The van der Waals surface area contributed by atoms with Gasteiger partial charge in [-0.25, -0.2) is 0 Å². The SMILES string of the molecule is N#CC1(C#N)C(c2ccccc2)C=CC12OCCCO2. The van der Waals surface area contributed by atoms with E-state index in [1.54, 1.807) is 6.08 Å². The lowest BCUT2D eigenvalue weighted by Crippen LogP contribution is -2.51. The number of hydrogen-bond donors (Lipinski definition) is 0. The van der Waals surface area contributed by atoms with Crippen LogP contribution in [0.15, 0.2) is 42.5 Å². The van der Waals surface area contributed by atoms with Crippen LogP contribution in [0, 0.1) is 28.1 Å². The van der Waals surface area contributed by atoms with Gasteiger partial charge in [0.2, 0.25) is 11.2 Å². The average molecular weight is 266 g/mol. The summed E-state index contributed by atoms with van der Waals surface area (Å²) >= 11 is 0. The fourth-order valence-electron chi connectivity index (χ4n) is 2.93. The molecule has 1 saturated heterocycles. The van der Waals surface area contributed by atoms with Gasteiger partial charge in [0.15, 0.2) is 0 Å². The van der Waals surface area contributed by atoms with E-state index in [9.17, 15) is 10.5 Å². The van der Waals surface area contributed by atoms with E-state index in [0.29, 0.717) is 13.2 Å². The smallest absolute Gasteiger partial charge is 0.221 e. The van der Waals surface area contributed by atoms with Gasteiger partial charge < -0.3 is 9.47 Å². The Morgan fingerprint density at radius 2 is 1.70 bits per heavy atom. The summed E-state index contributed by atoms with van der Waals surface area (Å²) in [5.74, 6) is -1.59. The number of benzene rings is 1. The molecule has 1 atom stereocenters. The lowest BCUT2D eigenvalue weighted by atomic mass is 9.72. The first-order valence-electron chi connectivity index (χ1n) is 6.63. The summed E-state index contributed by atoms with van der Waals surface area (Å²) in [5.41, 5.74) is -0.462. The Labute approximate surface area is 117 Å². The third-order valence-electron chi connectivity index (χ3n) is 3.96. The monoisotopic (exact) mass is 266 g/mol. The molecular weight excluding hydrogens is 252 g/mol. The van der Waals surface area contributed by atoms with Crippen LogP contribution < -0.4 is 0 Å². The summed E-state index contributed by atoms with van der Waals surface area (Å²) in [4.78, 5) is 0. The van der Waals surface area contributed by atoms with E-state index in [0.717, 1.165) is 12.0 Å². The van der Waals surface area contributed by atoms with Crippen molar-refractivity contribution in [2.24, 2.45) is 5.41 Å². The van der Waals surface area contributed by atoms with Crippen LogP contribution in [0.1, 0.15) is 17.9 Å². The third kappa shape index (κ3) is 1.59. The van der Waals surface area contributed by atoms with Crippen molar-refractivity contribution in [3.8, 4) is 12.1 Å². The Kier molecular flexibility index (Phi) is 3.06. The number of nitrogens with zero attached hydrogens (tertiary/aromatic N) is 2. The molecule has 4 nitrogen and oxygen atoms in total. The molecule has 100 valence electrons. The van der Waals surface area contributed by atoms with Crippen molar-refractivity contribution < 1.29 is 9.47 Å². The van der Waals surface area contributed by atoms with Crippen LogP contribution in [0.3, 0.4) is 0 Å². The van der Waals surface area contributed by atoms with Crippen LogP contribution in [-0.2, 0) is 9.47 Å². The van der Waals surface area contributed by atoms with E-state index in [1.807, 2.05) is 36.4 Å². The van der Waals surface area contributed by atoms with Crippen molar-refractivity contribution in [1.82, 2.24) is 0 Å². The topological polar surface area (TPSA) is 66.0 Å². The maximum atomic E-state index is 9.69. The molecule has 0 N–H and O–H groups in total. The lowest BCUT2D eigenvalue weighted by Gasteiger charge is -2.41. The van der Waals surface area contributed by atoms with Crippen LogP contribution >= 0.6 is 0 Å². The number of hydrogen-bond acceptors (Lipinski definition) is 4. The van der Waals surface area contributed by atoms with Crippen molar-refractivity contribution >= 4 is 0 Å². The number of rotatable bonds is 1. The van der Waals surface area contributed by atoms with Crippen molar-refractivity contribution in [3.63, 3.8) is 0 Å². The first-order valence-corrected chi connectivity index (χ1v) is 6.63. The van der Waals surface area contributed by atoms with Gasteiger partial charge in [-0.05, 0) is 18.1 Å². The predicted molar refractivity (Wildman–Crippen MR) is 71.2 cm³/mol. The van der Waals surface area contributed by atoms with Crippen LogP contribution in [-0.4, -0.2) is 19.0 Å². The minimum atomic E-state index is -1.38. The summed E-state index contributed by atoms with van der Waals surface area (Å²) in [6.07, 6.45) is 4.36. The molecule has 0 saturated carbocycles. The summed E-state index contributed by atoms with van der Waals surface area (Å²) < 4.78 is 11.4. The molecule has 20 heavy (non-hydrogen) atoms. The standard InChI is InChI=1S/C16H14N2O2/c17-11-15(12-18)14(13-5-2-1-3-6-13)7-8-16(15)19-9-4-10-20-16/h1-3,5-8,14H,4,9-10H2. The molecule has 1 aliphatic carbocycles. The van der Waals surface area contributed by atoms with Gasteiger partial charge in [-0.15, -0.1) is 0 Å². The van der Waals surface area contributed by atoms with Gasteiger partial charge in [-0.2, -0.15) is 10.5 Å². The normalized spacial score (nSPS) is 26.0. The zero-order valence-electron chi connectivity index (χ0n) is 11.0. The molecular formula is C16H14N2O2. The van der Waals surface area contributed by atoms with Crippen LogP contribution in [0.2, 0.25) is 0 Å². The van der Waals surface area contributed by atoms with Crippen molar-refractivity contribution in [2.75, 3.05) is 13.2 Å². The molecule has 3 rings (SSSR count). The fraction of sp³-hybridized carbons (Fsp3) is 0.375. The van der Waals surface area contributed by atoms with Gasteiger partial charge in [0, 0.05) is 5.92 Å². The second-order valence-corrected chi connectivity index (χ2v) is 5.00. The Bertz CT molecular complexity index is 590. The van der Waals surface area contributed by atoms with E-state index in [1.165, 1.54) is 0 Å². The molecule has 0 aromatic heterocycles. The van der Waals surface area contributed by atoms with Gasteiger partial charge in [-0.3, -0.25) is 0 Å². The molecule has 0 radical (unpaired) electrons. The molecule has 1 spiro atoms. The zero-order valence-corrected chi connectivity index (χ0v) is 11.0. The summed E-state index contributed by atoms with van der Waals surface area (Å²) in [6, 6.07) is 13.9. The fourth-order valence-corrected chi connectivity index (χ4v) is 2.93. The van der Waals surface area contributed by atoms with E-state index >= 15 is 0 Å². The Morgan fingerprint density at radius 1 is 1.05 bits per heavy atom. The highest BCUT2D eigenvalue weighted by molar-refractivity contribution is 5.44. The van der Waals surface area contributed by atoms with E-state index in [4.69, 9.17) is 9.47 Å². The van der Waals surface area contributed by atoms with Crippen LogP contribution in [0.25, 0.3) is 0 Å². The lowest BCUT2D eigenvalue weighted by molar-refractivity contribution is -0.266. The quantitative estimate of drug-likeness (QED) is 0.732. The van der Waals surface area contributed by atoms with E-state index in [2.05, 4.69) is 12.1 Å². The minimum absolute atomic E-state index is 0.350. The molecule has 1 aromatic rings. The van der Waals surface area contributed by atoms with Crippen LogP contribution in [0.4, 0.5) is 0 Å². The largest absolute Gasteiger partial charge is 0.344 e. The number of nitriles is 2. The highest BCUT2D eigenvalue weighted by atomic mass is 16.7. The molecule has 0 bridgehead atoms. The van der Waals surface area contributed by atoms with Gasteiger partial charge in [0.25, 0.3) is 0 Å². The first kappa shape index (κ1) is 12.9. The molecule has 1 fully saturated rings. The minimum Gasteiger partial charge on any atom is -0.344 e. The Hall–Kier alpha value is -2.14. The van der Waals surface area contributed by atoms with Gasteiger partial charge in [0.05, 0.1) is 25.4 Å². The molecule has 0 amide bonds. The predicted octanol–water partition coefficient (Wildman–Crippen LogP) is 2.51. The Balaban J connectivity index is 2.09. The van der Waals surface area contributed by atoms with Crippen molar-refractivity contribution in [3.05, 3.63) is 48.0 Å². The van der Waals surface area contributed by atoms with Crippen molar-refractivity contribution in [2.45, 2.75) is 18.1 Å². The van der Waals surface area contributed by atoms with Gasteiger partial charge >= 0.3 is 0 Å². The van der Waals surface area contributed by atoms with Crippen LogP contribution in [0.5, 0.6) is 0 Å². The highest BCUT2D eigenvalue weighted by Crippen LogP contribution is 2.53. The summed E-state index contributed by atoms with van der Waals surface area (Å²) in [5, 5.41) is 19.4. The second-order valence-electron chi connectivity index (χ2n) is 5.00. The van der Waals surface area contributed by atoms with Gasteiger partial charge in [0.1, 0.15) is 0 Å². The molecule has 1 heterocycles. The van der Waals surface area contributed by atoms with E-state index in [-0.39, 0.29) is 5.92 Å². The molecule has 1 aromatic carbocycles. The summed E-state index contributed by atoms with van der Waals surface area (Å²) in [7, 11) is 0. The molecule has 1 unspecified atom stereocenters. The maximum Gasteiger partial charge on any atom is 0.221 e. The molecule has 4 heteroatoms.